The van der Waals surface area contributed by atoms with Crippen molar-refractivity contribution in [3.05, 3.63) is 44.9 Å². The maximum Gasteiger partial charge on any atom is 0.265 e. The second-order valence-electron chi connectivity index (χ2n) is 5.34. The van der Waals surface area contributed by atoms with E-state index < -0.39 is 0 Å². The second-order valence-corrected chi connectivity index (χ2v) is 6.86. The topological polar surface area (TPSA) is 51.7 Å². The van der Waals surface area contributed by atoms with E-state index in [0.717, 1.165) is 22.9 Å². The van der Waals surface area contributed by atoms with Crippen molar-refractivity contribution >= 4 is 28.8 Å². The Morgan fingerprint density at radius 1 is 1.33 bits per heavy atom. The summed E-state index contributed by atoms with van der Waals surface area (Å²) in [6, 6.07) is 7.15. The molecule has 24 heavy (non-hydrogen) atoms. The lowest BCUT2D eigenvalue weighted by Crippen LogP contribution is -2.28. The zero-order chi connectivity index (χ0) is 17.5. The van der Waals surface area contributed by atoms with Crippen molar-refractivity contribution in [2.24, 2.45) is 0 Å². The van der Waals surface area contributed by atoms with Gasteiger partial charge in [0.05, 0.1) is 5.69 Å². The van der Waals surface area contributed by atoms with Gasteiger partial charge in [0.15, 0.2) is 0 Å². The van der Waals surface area contributed by atoms with Gasteiger partial charge in [0, 0.05) is 32.3 Å². The molecule has 1 aromatic carbocycles. The van der Waals surface area contributed by atoms with E-state index in [2.05, 4.69) is 4.98 Å². The van der Waals surface area contributed by atoms with E-state index in [4.69, 9.17) is 21.1 Å². The summed E-state index contributed by atoms with van der Waals surface area (Å²) in [5.74, 6) is 0.704. The molecule has 7 heteroatoms. The number of methoxy groups -OCH3 is 1. The Kier molecular flexibility index (Phi) is 7.02. The number of thiazole rings is 1. The van der Waals surface area contributed by atoms with Crippen molar-refractivity contribution in [3.8, 4) is 5.75 Å². The van der Waals surface area contributed by atoms with E-state index in [9.17, 15) is 4.79 Å². The minimum absolute atomic E-state index is 0.0150. The third kappa shape index (κ3) is 5.19. The van der Waals surface area contributed by atoms with Crippen LogP contribution in [0.25, 0.3) is 0 Å². The van der Waals surface area contributed by atoms with E-state index >= 15 is 0 Å². The van der Waals surface area contributed by atoms with Crippen LogP contribution >= 0.6 is 22.9 Å². The van der Waals surface area contributed by atoms with E-state index in [1.807, 2.05) is 6.92 Å². The Morgan fingerprint density at radius 2 is 2.04 bits per heavy atom. The normalized spacial score (nSPS) is 10.7. The Bertz CT molecular complexity index is 673. The molecule has 1 amide bonds. The lowest BCUT2D eigenvalue weighted by Gasteiger charge is -2.15. The van der Waals surface area contributed by atoms with Gasteiger partial charge in [-0.15, -0.1) is 11.3 Å². The molecule has 0 unspecified atom stereocenters. The first-order chi connectivity index (χ1) is 11.5. The molecule has 5 nitrogen and oxygen atoms in total. The smallest absolute Gasteiger partial charge is 0.265 e. The van der Waals surface area contributed by atoms with Crippen molar-refractivity contribution in [1.29, 1.82) is 0 Å². The zero-order valence-electron chi connectivity index (χ0n) is 14.0. The maximum atomic E-state index is 12.5. The summed E-state index contributed by atoms with van der Waals surface area (Å²) >= 11 is 7.22. The zero-order valence-corrected chi connectivity index (χ0v) is 15.6. The van der Waals surface area contributed by atoms with E-state index in [-0.39, 0.29) is 5.91 Å². The fraction of sp³-hybridized carbons (Fsp3) is 0.412. The highest BCUT2D eigenvalue weighted by atomic mass is 35.5. The monoisotopic (exact) mass is 368 g/mol. The Hall–Kier alpha value is -1.63. The van der Waals surface area contributed by atoms with Crippen LogP contribution < -0.4 is 4.74 Å². The SMILES string of the molecule is COCCCN(C)C(=O)c1sc(COc2ccc(Cl)cc2)nc1C. The van der Waals surface area contributed by atoms with Crippen LogP contribution in [-0.4, -0.2) is 43.1 Å². The number of hydrogen-bond acceptors (Lipinski definition) is 5. The van der Waals surface area contributed by atoms with Crippen molar-refractivity contribution in [1.82, 2.24) is 9.88 Å². The average molecular weight is 369 g/mol. The molecule has 0 spiro atoms. The third-order valence-electron chi connectivity index (χ3n) is 3.40. The number of nitrogens with zero attached hydrogens (tertiary/aromatic N) is 2. The largest absolute Gasteiger partial charge is 0.486 e. The number of ether oxygens (including phenoxy) is 2. The summed E-state index contributed by atoms with van der Waals surface area (Å²) in [7, 11) is 3.45. The van der Waals surface area contributed by atoms with Crippen LogP contribution in [0.15, 0.2) is 24.3 Å². The quantitative estimate of drug-likeness (QED) is 0.665. The summed E-state index contributed by atoms with van der Waals surface area (Å²) in [5, 5.41) is 1.44. The first kappa shape index (κ1) is 18.7. The lowest BCUT2D eigenvalue weighted by molar-refractivity contribution is 0.0783. The van der Waals surface area contributed by atoms with E-state index in [1.54, 1.807) is 43.3 Å². The van der Waals surface area contributed by atoms with Gasteiger partial charge in [0.25, 0.3) is 5.91 Å². The number of amides is 1. The molecule has 0 N–H and O–H groups in total. The molecule has 0 radical (unpaired) electrons. The highest BCUT2D eigenvalue weighted by Crippen LogP contribution is 2.22. The molecule has 2 rings (SSSR count). The van der Waals surface area contributed by atoms with Crippen LogP contribution in [0.2, 0.25) is 5.02 Å². The number of carbonyl (C=O) groups is 1. The van der Waals surface area contributed by atoms with Gasteiger partial charge in [0.2, 0.25) is 0 Å². The predicted molar refractivity (Wildman–Crippen MR) is 96.1 cm³/mol. The van der Waals surface area contributed by atoms with Gasteiger partial charge in [-0.3, -0.25) is 4.79 Å². The molecule has 0 fully saturated rings. The van der Waals surface area contributed by atoms with E-state index in [1.165, 1.54) is 11.3 Å². The first-order valence-corrected chi connectivity index (χ1v) is 8.79. The summed E-state index contributed by atoms with van der Waals surface area (Å²) in [4.78, 5) is 19.3. The van der Waals surface area contributed by atoms with Crippen molar-refractivity contribution < 1.29 is 14.3 Å². The van der Waals surface area contributed by atoms with Gasteiger partial charge in [-0.1, -0.05) is 11.6 Å². The lowest BCUT2D eigenvalue weighted by atomic mass is 10.3. The highest BCUT2D eigenvalue weighted by molar-refractivity contribution is 7.13. The summed E-state index contributed by atoms with van der Waals surface area (Å²) in [6.07, 6.45) is 0.809. The fourth-order valence-electron chi connectivity index (χ4n) is 2.11. The molecule has 0 aliphatic rings. The van der Waals surface area contributed by atoms with E-state index in [0.29, 0.717) is 29.7 Å². The summed E-state index contributed by atoms with van der Waals surface area (Å²) < 4.78 is 10.7. The van der Waals surface area contributed by atoms with Crippen molar-refractivity contribution in [2.75, 3.05) is 27.3 Å². The molecule has 0 atom stereocenters. The molecule has 0 saturated heterocycles. The Balaban J connectivity index is 1.96. The number of benzene rings is 1. The van der Waals surface area contributed by atoms with Gasteiger partial charge >= 0.3 is 0 Å². The van der Waals surface area contributed by atoms with Crippen molar-refractivity contribution in [3.63, 3.8) is 0 Å². The number of carbonyl (C=O) groups excluding carboxylic acids is 1. The summed E-state index contributed by atoms with van der Waals surface area (Å²) in [6.45, 7) is 3.46. The fourth-order valence-corrected chi connectivity index (χ4v) is 3.21. The Morgan fingerprint density at radius 3 is 2.71 bits per heavy atom. The molecule has 0 saturated carbocycles. The van der Waals surface area contributed by atoms with Gasteiger partial charge in [-0.2, -0.15) is 0 Å². The summed E-state index contributed by atoms with van der Waals surface area (Å²) in [5.41, 5.74) is 0.735. The third-order valence-corrected chi connectivity index (χ3v) is 4.77. The van der Waals surface area contributed by atoms with Gasteiger partial charge < -0.3 is 14.4 Å². The molecule has 0 bridgehead atoms. The number of hydrogen-bond donors (Lipinski definition) is 0. The molecular formula is C17H21ClN2O3S. The standard InChI is InChI=1S/C17H21ClN2O3S/c1-12-16(17(21)20(2)9-4-10-22-3)24-15(19-12)11-23-14-7-5-13(18)6-8-14/h5-8H,4,9-11H2,1-3H3. The van der Waals surface area contributed by atoms with Crippen LogP contribution in [0.4, 0.5) is 0 Å². The second kappa shape index (κ2) is 9.01. The number of aromatic nitrogens is 1. The molecule has 1 aromatic heterocycles. The van der Waals surface area contributed by atoms with Crippen molar-refractivity contribution in [2.45, 2.75) is 20.0 Å². The molecule has 0 aliphatic carbocycles. The van der Waals surface area contributed by atoms with Crippen LogP contribution in [0, 0.1) is 6.92 Å². The maximum absolute atomic E-state index is 12.5. The van der Waals surface area contributed by atoms with Gasteiger partial charge in [-0.25, -0.2) is 4.98 Å². The van der Waals surface area contributed by atoms with Crippen LogP contribution in [0.5, 0.6) is 5.75 Å². The van der Waals surface area contributed by atoms with Crippen LogP contribution in [0.1, 0.15) is 26.8 Å². The predicted octanol–water partition coefficient (Wildman–Crippen LogP) is 3.79. The first-order valence-electron chi connectivity index (χ1n) is 7.60. The number of aryl methyl sites for hydroxylation is 1. The molecular weight excluding hydrogens is 348 g/mol. The van der Waals surface area contributed by atoms with Crippen LogP contribution in [-0.2, 0) is 11.3 Å². The molecule has 2 aromatic rings. The average Bonchev–Trinajstić information content (AvgIpc) is 2.94. The Labute approximate surface area is 151 Å². The minimum Gasteiger partial charge on any atom is -0.486 e. The minimum atomic E-state index is -0.0150. The molecule has 0 aliphatic heterocycles. The highest BCUT2D eigenvalue weighted by Gasteiger charge is 2.19. The van der Waals surface area contributed by atoms with Crippen LogP contribution in [0.3, 0.4) is 0 Å². The molecule has 130 valence electrons. The number of halogens is 1. The van der Waals surface area contributed by atoms with Gasteiger partial charge in [0.1, 0.15) is 22.2 Å². The number of rotatable bonds is 8. The molecule has 1 heterocycles. The van der Waals surface area contributed by atoms with Gasteiger partial charge in [-0.05, 0) is 37.6 Å².